The van der Waals surface area contributed by atoms with Crippen LogP contribution in [0, 0.1) is 5.92 Å². The van der Waals surface area contributed by atoms with Gasteiger partial charge in [-0.1, -0.05) is 6.92 Å². The molecule has 0 fully saturated rings. The summed E-state index contributed by atoms with van der Waals surface area (Å²) in [6, 6.07) is 6.86. The molecule has 0 aliphatic heterocycles. The molecule has 1 rings (SSSR count). The van der Waals surface area contributed by atoms with Crippen molar-refractivity contribution in [3.05, 3.63) is 24.3 Å². The molecule has 0 aliphatic rings. The highest BCUT2D eigenvalue weighted by molar-refractivity contribution is 6.19. The molecular formula is C13H17ClN2O3. The molecule has 0 spiro atoms. The molecule has 3 N–H and O–H groups in total. The molecule has 2 amide bonds. The Bertz CT molecular complexity index is 434. The summed E-state index contributed by atoms with van der Waals surface area (Å²) in [7, 11) is 0. The minimum atomic E-state index is -0.404. The van der Waals surface area contributed by atoms with E-state index in [1.807, 2.05) is 0 Å². The lowest BCUT2D eigenvalue weighted by Gasteiger charge is -2.10. The van der Waals surface area contributed by atoms with Crippen molar-refractivity contribution in [2.24, 2.45) is 11.7 Å². The van der Waals surface area contributed by atoms with Crippen LogP contribution in [-0.2, 0) is 9.59 Å². The van der Waals surface area contributed by atoms with E-state index in [0.717, 1.165) is 0 Å². The minimum Gasteiger partial charge on any atom is -0.493 e. The van der Waals surface area contributed by atoms with Gasteiger partial charge in [0, 0.05) is 17.5 Å². The maximum atomic E-state index is 11.6. The first-order chi connectivity index (χ1) is 9.02. The van der Waals surface area contributed by atoms with Gasteiger partial charge in [0.2, 0.25) is 11.8 Å². The summed E-state index contributed by atoms with van der Waals surface area (Å²) in [5, 5.41) is 2.74. The number of carbonyl (C=O) groups is 2. The van der Waals surface area contributed by atoms with Crippen LogP contribution in [0.2, 0.25) is 0 Å². The number of anilines is 1. The fraction of sp³-hybridized carbons (Fsp3) is 0.385. The number of ether oxygens (including phenoxy) is 1. The van der Waals surface area contributed by atoms with E-state index >= 15 is 0 Å². The van der Waals surface area contributed by atoms with E-state index in [1.54, 1.807) is 31.2 Å². The third kappa shape index (κ3) is 5.61. The van der Waals surface area contributed by atoms with Crippen molar-refractivity contribution in [1.29, 1.82) is 0 Å². The molecule has 0 aliphatic carbocycles. The van der Waals surface area contributed by atoms with Crippen LogP contribution in [0.4, 0.5) is 5.69 Å². The third-order valence-electron chi connectivity index (χ3n) is 2.42. The summed E-state index contributed by atoms with van der Waals surface area (Å²) in [6.07, 6.45) is 0.172. The number of rotatable bonds is 7. The van der Waals surface area contributed by atoms with Gasteiger partial charge in [0.05, 0.1) is 13.0 Å². The smallest absolute Gasteiger partial charge is 0.228 e. The normalized spacial score (nSPS) is 11.7. The Morgan fingerprint density at radius 2 is 2.00 bits per heavy atom. The molecule has 0 aromatic heterocycles. The lowest BCUT2D eigenvalue weighted by molar-refractivity contribution is -0.119. The maximum Gasteiger partial charge on any atom is 0.228 e. The van der Waals surface area contributed by atoms with Crippen molar-refractivity contribution in [2.75, 3.05) is 17.8 Å². The van der Waals surface area contributed by atoms with Crippen LogP contribution in [0.5, 0.6) is 5.75 Å². The van der Waals surface area contributed by atoms with E-state index in [1.165, 1.54) is 0 Å². The number of hydrogen-bond donors (Lipinski definition) is 2. The summed E-state index contributed by atoms with van der Waals surface area (Å²) in [6.45, 7) is 1.99. The van der Waals surface area contributed by atoms with Crippen LogP contribution in [0.3, 0.4) is 0 Å². The van der Waals surface area contributed by atoms with Crippen LogP contribution in [-0.4, -0.2) is 24.3 Å². The Morgan fingerprint density at radius 1 is 1.37 bits per heavy atom. The topological polar surface area (TPSA) is 81.4 Å². The first kappa shape index (κ1) is 15.3. The second kappa shape index (κ2) is 7.63. The highest BCUT2D eigenvalue weighted by Gasteiger charge is 2.11. The average molecular weight is 285 g/mol. The highest BCUT2D eigenvalue weighted by atomic mass is 35.5. The van der Waals surface area contributed by atoms with Crippen molar-refractivity contribution >= 4 is 29.1 Å². The fourth-order valence-electron chi connectivity index (χ4n) is 1.24. The first-order valence-electron chi connectivity index (χ1n) is 5.91. The van der Waals surface area contributed by atoms with E-state index < -0.39 is 5.91 Å². The second-order valence-corrected chi connectivity index (χ2v) is 4.44. The number of amides is 2. The van der Waals surface area contributed by atoms with Gasteiger partial charge in [-0.25, -0.2) is 0 Å². The molecule has 104 valence electrons. The number of benzene rings is 1. The Morgan fingerprint density at radius 3 is 2.53 bits per heavy atom. The summed E-state index contributed by atoms with van der Waals surface area (Å²) < 4.78 is 5.31. The maximum absolute atomic E-state index is 11.6. The van der Waals surface area contributed by atoms with E-state index in [4.69, 9.17) is 22.1 Å². The number of nitrogens with two attached hydrogens (primary N) is 1. The van der Waals surface area contributed by atoms with Crippen LogP contribution in [0.15, 0.2) is 24.3 Å². The SMILES string of the molecule is CC(CCl)C(=O)Nc1ccc(OCCC(N)=O)cc1. The number of halogens is 1. The van der Waals surface area contributed by atoms with Gasteiger partial charge in [-0.15, -0.1) is 11.6 Å². The standard InChI is InChI=1S/C13H17ClN2O3/c1-9(8-14)13(18)16-10-2-4-11(5-3-10)19-7-6-12(15)17/h2-5,9H,6-8H2,1H3,(H2,15,17)(H,16,18). The van der Waals surface area contributed by atoms with Gasteiger partial charge in [0.1, 0.15) is 5.75 Å². The zero-order chi connectivity index (χ0) is 14.3. The Balaban J connectivity index is 2.47. The molecule has 0 saturated heterocycles. The zero-order valence-corrected chi connectivity index (χ0v) is 11.4. The van der Waals surface area contributed by atoms with Crippen molar-refractivity contribution in [3.63, 3.8) is 0 Å². The monoisotopic (exact) mass is 284 g/mol. The van der Waals surface area contributed by atoms with E-state index in [2.05, 4.69) is 5.32 Å². The molecule has 1 atom stereocenters. The number of carbonyl (C=O) groups excluding carboxylic acids is 2. The minimum absolute atomic E-state index is 0.127. The molecule has 1 aromatic rings. The Kier molecular flexibility index (Phi) is 6.15. The second-order valence-electron chi connectivity index (χ2n) is 4.13. The molecule has 0 radical (unpaired) electrons. The number of alkyl halides is 1. The number of nitrogens with one attached hydrogen (secondary N) is 1. The summed E-state index contributed by atoms with van der Waals surface area (Å²) in [5.41, 5.74) is 5.67. The molecule has 5 nitrogen and oxygen atoms in total. The Hall–Kier alpha value is -1.75. The fourth-order valence-corrected chi connectivity index (χ4v) is 1.38. The van der Waals surface area contributed by atoms with Gasteiger partial charge in [0.15, 0.2) is 0 Å². The molecule has 0 saturated carbocycles. The van der Waals surface area contributed by atoms with Crippen LogP contribution in [0.1, 0.15) is 13.3 Å². The van der Waals surface area contributed by atoms with Crippen LogP contribution < -0.4 is 15.8 Å². The summed E-state index contributed by atoms with van der Waals surface area (Å²) in [5.74, 6) is 0.120. The third-order valence-corrected chi connectivity index (χ3v) is 2.88. The largest absolute Gasteiger partial charge is 0.493 e. The molecule has 1 unspecified atom stereocenters. The first-order valence-corrected chi connectivity index (χ1v) is 6.44. The van der Waals surface area contributed by atoms with Gasteiger partial charge in [0.25, 0.3) is 0 Å². The van der Waals surface area contributed by atoms with Gasteiger partial charge in [-0.3, -0.25) is 9.59 Å². The van der Waals surface area contributed by atoms with Crippen LogP contribution in [0.25, 0.3) is 0 Å². The predicted molar refractivity (Wildman–Crippen MR) is 74.3 cm³/mol. The van der Waals surface area contributed by atoms with E-state index in [9.17, 15) is 9.59 Å². The summed E-state index contributed by atoms with van der Waals surface area (Å²) >= 11 is 5.60. The molecule has 0 heterocycles. The van der Waals surface area contributed by atoms with Crippen molar-refractivity contribution in [1.82, 2.24) is 0 Å². The lowest BCUT2D eigenvalue weighted by Crippen LogP contribution is -2.21. The van der Waals surface area contributed by atoms with Gasteiger partial charge >= 0.3 is 0 Å². The van der Waals surface area contributed by atoms with Crippen molar-refractivity contribution < 1.29 is 14.3 Å². The predicted octanol–water partition coefficient (Wildman–Crippen LogP) is 1.75. The van der Waals surface area contributed by atoms with Gasteiger partial charge in [-0.2, -0.15) is 0 Å². The molecule has 0 bridgehead atoms. The van der Waals surface area contributed by atoms with Crippen molar-refractivity contribution in [2.45, 2.75) is 13.3 Å². The number of primary amides is 1. The average Bonchev–Trinajstić information content (AvgIpc) is 2.39. The quantitative estimate of drug-likeness (QED) is 0.749. The Labute approximate surface area is 117 Å². The molecule has 6 heteroatoms. The lowest BCUT2D eigenvalue weighted by atomic mass is 10.2. The van der Waals surface area contributed by atoms with E-state index in [-0.39, 0.29) is 30.7 Å². The molecular weight excluding hydrogens is 268 g/mol. The highest BCUT2D eigenvalue weighted by Crippen LogP contribution is 2.16. The van der Waals surface area contributed by atoms with Gasteiger partial charge < -0.3 is 15.8 Å². The van der Waals surface area contributed by atoms with Crippen LogP contribution >= 0.6 is 11.6 Å². The summed E-state index contributed by atoms with van der Waals surface area (Å²) in [4.78, 5) is 22.1. The number of hydrogen-bond acceptors (Lipinski definition) is 3. The molecule has 1 aromatic carbocycles. The van der Waals surface area contributed by atoms with Gasteiger partial charge in [-0.05, 0) is 24.3 Å². The zero-order valence-electron chi connectivity index (χ0n) is 10.7. The van der Waals surface area contributed by atoms with E-state index in [0.29, 0.717) is 11.4 Å². The molecule has 19 heavy (non-hydrogen) atoms. The van der Waals surface area contributed by atoms with Crippen molar-refractivity contribution in [3.8, 4) is 5.75 Å².